The zero-order valence-electron chi connectivity index (χ0n) is 14.8. The van der Waals surface area contributed by atoms with Gasteiger partial charge in [-0.3, -0.25) is 9.59 Å². The largest absolute Gasteiger partial charge is 0.340 e. The average molecular weight is 385 g/mol. The van der Waals surface area contributed by atoms with Gasteiger partial charge in [-0.1, -0.05) is 6.07 Å². The minimum atomic E-state index is -0.719. The Labute approximate surface area is 159 Å². The average Bonchev–Trinajstić information content (AvgIpc) is 3.11. The molecule has 0 spiro atoms. The quantitative estimate of drug-likeness (QED) is 0.744. The fourth-order valence-electron chi connectivity index (χ4n) is 3.31. The molecule has 0 saturated carbocycles. The van der Waals surface area contributed by atoms with Crippen LogP contribution in [0.25, 0.3) is 5.65 Å². The van der Waals surface area contributed by atoms with E-state index in [4.69, 9.17) is 0 Å². The highest BCUT2D eigenvalue weighted by molar-refractivity contribution is 6.01. The van der Waals surface area contributed by atoms with Gasteiger partial charge in [0, 0.05) is 37.1 Å². The number of amides is 2. The summed E-state index contributed by atoms with van der Waals surface area (Å²) in [6, 6.07) is 4.25. The topological polar surface area (TPSA) is 79.6 Å². The first-order chi connectivity index (χ1) is 13.5. The molecule has 2 amide bonds. The zero-order valence-corrected chi connectivity index (χ0v) is 14.8. The molecule has 1 saturated heterocycles. The molecule has 2 aromatic heterocycles. The fraction of sp³-hybridized carbons (Fsp3) is 0.263. The summed E-state index contributed by atoms with van der Waals surface area (Å²) in [7, 11) is 0. The Morgan fingerprint density at radius 1 is 1.32 bits per heavy atom. The van der Waals surface area contributed by atoms with Crippen LogP contribution < -0.4 is 5.32 Å². The van der Waals surface area contributed by atoms with Gasteiger partial charge in [-0.05, 0) is 25.0 Å². The number of fused-ring (bicyclic) bond motifs is 1. The fourth-order valence-corrected chi connectivity index (χ4v) is 3.31. The van der Waals surface area contributed by atoms with Crippen molar-refractivity contribution in [3.63, 3.8) is 0 Å². The maximum atomic E-state index is 13.9. The first-order valence-electron chi connectivity index (χ1n) is 8.85. The van der Waals surface area contributed by atoms with E-state index in [1.165, 1.54) is 21.7 Å². The number of nitrogens with one attached hydrogen (secondary N) is 1. The van der Waals surface area contributed by atoms with Gasteiger partial charge in [0.1, 0.15) is 23.2 Å². The molecule has 9 heteroatoms. The van der Waals surface area contributed by atoms with Crippen LogP contribution in [0, 0.1) is 11.6 Å². The molecular formula is C19H17F2N5O2. The van der Waals surface area contributed by atoms with Crippen LogP contribution in [0.15, 0.2) is 42.9 Å². The molecule has 1 unspecified atom stereocenters. The number of piperidine rings is 1. The first kappa shape index (κ1) is 18.0. The second-order valence-corrected chi connectivity index (χ2v) is 6.61. The van der Waals surface area contributed by atoms with Crippen molar-refractivity contribution in [1.82, 2.24) is 24.8 Å². The van der Waals surface area contributed by atoms with Crippen molar-refractivity contribution >= 4 is 17.5 Å². The van der Waals surface area contributed by atoms with Gasteiger partial charge >= 0.3 is 0 Å². The van der Waals surface area contributed by atoms with Crippen molar-refractivity contribution < 1.29 is 18.4 Å². The summed E-state index contributed by atoms with van der Waals surface area (Å²) in [6.45, 7) is 0.468. The Bertz CT molecular complexity index is 1050. The summed E-state index contributed by atoms with van der Waals surface area (Å²) in [5.41, 5.74) is 0.900. The summed E-state index contributed by atoms with van der Waals surface area (Å²) >= 11 is 0. The van der Waals surface area contributed by atoms with Crippen molar-refractivity contribution in [2.45, 2.75) is 25.4 Å². The second-order valence-electron chi connectivity index (χ2n) is 6.61. The lowest BCUT2D eigenvalue weighted by Gasteiger charge is -2.32. The molecule has 1 aliphatic heterocycles. The highest BCUT2D eigenvalue weighted by Crippen LogP contribution is 2.18. The Balaban J connectivity index is 1.47. The molecule has 144 valence electrons. The second kappa shape index (κ2) is 7.34. The van der Waals surface area contributed by atoms with Crippen molar-refractivity contribution in [3.8, 4) is 0 Å². The predicted octanol–water partition coefficient (Wildman–Crippen LogP) is 1.93. The van der Waals surface area contributed by atoms with E-state index in [1.807, 2.05) is 0 Å². The summed E-state index contributed by atoms with van der Waals surface area (Å²) in [5.74, 6) is -2.11. The molecule has 1 N–H and O–H groups in total. The van der Waals surface area contributed by atoms with Gasteiger partial charge in [0.15, 0.2) is 5.65 Å². The van der Waals surface area contributed by atoms with Crippen LogP contribution in [-0.4, -0.2) is 43.9 Å². The summed E-state index contributed by atoms with van der Waals surface area (Å²) < 4.78 is 28.5. The minimum Gasteiger partial charge on any atom is -0.340 e. The van der Waals surface area contributed by atoms with Crippen LogP contribution in [-0.2, 0) is 11.3 Å². The molecule has 0 aliphatic carbocycles. The molecule has 7 nitrogen and oxygen atoms in total. The van der Waals surface area contributed by atoms with Crippen LogP contribution in [0.2, 0.25) is 0 Å². The summed E-state index contributed by atoms with van der Waals surface area (Å²) in [6.07, 6.45) is 5.77. The van der Waals surface area contributed by atoms with E-state index < -0.39 is 23.6 Å². The maximum Gasteiger partial charge on any atom is 0.257 e. The van der Waals surface area contributed by atoms with Gasteiger partial charge < -0.3 is 10.2 Å². The third-order valence-corrected chi connectivity index (χ3v) is 4.74. The third-order valence-electron chi connectivity index (χ3n) is 4.74. The van der Waals surface area contributed by atoms with E-state index in [9.17, 15) is 18.4 Å². The number of carbonyl (C=O) groups is 2. The molecule has 1 aromatic carbocycles. The highest BCUT2D eigenvalue weighted by Gasteiger charge is 2.31. The Morgan fingerprint density at radius 2 is 2.18 bits per heavy atom. The van der Waals surface area contributed by atoms with Gasteiger partial charge in [-0.15, -0.1) is 0 Å². The zero-order chi connectivity index (χ0) is 19.7. The lowest BCUT2D eigenvalue weighted by atomic mass is 10.0. The molecule has 4 rings (SSSR count). The SMILES string of the molecule is O=C(NC1CCCN(Cc2ccc(F)cc2F)C1=O)c1cnn2cccnc12. The minimum absolute atomic E-state index is 0.0234. The Morgan fingerprint density at radius 3 is 3.00 bits per heavy atom. The molecule has 3 aromatic rings. The smallest absolute Gasteiger partial charge is 0.257 e. The summed E-state index contributed by atoms with van der Waals surface area (Å²) in [5, 5.41) is 6.79. The number of halogens is 2. The molecular weight excluding hydrogens is 368 g/mol. The lowest BCUT2D eigenvalue weighted by Crippen LogP contribution is -2.52. The Kier molecular flexibility index (Phi) is 4.72. The number of nitrogens with zero attached hydrogens (tertiary/aromatic N) is 4. The van der Waals surface area contributed by atoms with Crippen LogP contribution in [0.4, 0.5) is 8.78 Å². The van der Waals surface area contributed by atoms with Crippen LogP contribution >= 0.6 is 0 Å². The number of rotatable bonds is 4. The number of benzene rings is 1. The standard InChI is InChI=1S/C19H17F2N5O2/c20-13-5-4-12(15(21)9-13)11-25-7-1-3-16(19(25)28)24-18(27)14-10-23-26-8-2-6-22-17(14)26/h2,4-6,8-10,16H,1,3,7,11H2,(H,24,27). The van der Waals surface area contributed by atoms with Crippen LogP contribution in [0.1, 0.15) is 28.8 Å². The third kappa shape index (κ3) is 3.42. The van der Waals surface area contributed by atoms with E-state index in [0.29, 0.717) is 25.0 Å². The van der Waals surface area contributed by atoms with Gasteiger partial charge in [0.05, 0.1) is 6.20 Å². The van der Waals surface area contributed by atoms with Crippen molar-refractivity contribution in [3.05, 3.63) is 65.6 Å². The van der Waals surface area contributed by atoms with E-state index in [0.717, 1.165) is 12.1 Å². The number of carbonyl (C=O) groups excluding carboxylic acids is 2. The van der Waals surface area contributed by atoms with Crippen molar-refractivity contribution in [2.75, 3.05) is 6.54 Å². The maximum absolute atomic E-state index is 13.9. The van der Waals surface area contributed by atoms with Crippen LogP contribution in [0.5, 0.6) is 0 Å². The first-order valence-corrected chi connectivity index (χ1v) is 8.85. The molecule has 0 bridgehead atoms. The molecule has 1 fully saturated rings. The normalized spacial score (nSPS) is 17.1. The van der Waals surface area contributed by atoms with Crippen LogP contribution in [0.3, 0.4) is 0 Å². The Hall–Kier alpha value is -3.36. The lowest BCUT2D eigenvalue weighted by molar-refractivity contribution is -0.136. The molecule has 1 aliphatic rings. The summed E-state index contributed by atoms with van der Waals surface area (Å²) in [4.78, 5) is 31.0. The van der Waals surface area contributed by atoms with E-state index >= 15 is 0 Å². The number of likely N-dealkylation sites (tertiary alicyclic amines) is 1. The van der Waals surface area contributed by atoms with Gasteiger partial charge in [-0.25, -0.2) is 18.3 Å². The van der Waals surface area contributed by atoms with Gasteiger partial charge in [0.2, 0.25) is 5.91 Å². The number of aromatic nitrogens is 3. The number of hydrogen-bond acceptors (Lipinski definition) is 4. The van der Waals surface area contributed by atoms with Crippen molar-refractivity contribution in [2.24, 2.45) is 0 Å². The monoisotopic (exact) mass is 385 g/mol. The highest BCUT2D eigenvalue weighted by atomic mass is 19.1. The number of hydrogen-bond donors (Lipinski definition) is 1. The van der Waals surface area contributed by atoms with Crippen molar-refractivity contribution in [1.29, 1.82) is 0 Å². The predicted molar refractivity (Wildman–Crippen MR) is 95.3 cm³/mol. The molecule has 0 radical (unpaired) electrons. The van der Waals surface area contributed by atoms with Gasteiger partial charge in [-0.2, -0.15) is 5.10 Å². The molecule has 28 heavy (non-hydrogen) atoms. The van der Waals surface area contributed by atoms with Gasteiger partial charge in [0.25, 0.3) is 5.91 Å². The van der Waals surface area contributed by atoms with E-state index in [2.05, 4.69) is 15.4 Å². The molecule has 1 atom stereocenters. The molecule has 3 heterocycles. The van der Waals surface area contributed by atoms with E-state index in [-0.39, 0.29) is 23.6 Å². The van der Waals surface area contributed by atoms with E-state index in [1.54, 1.807) is 18.5 Å².